The van der Waals surface area contributed by atoms with E-state index in [0.717, 1.165) is 54.6 Å². The maximum absolute atomic E-state index is 12.9. The lowest BCUT2D eigenvalue weighted by molar-refractivity contribution is 0.0892. The zero-order chi connectivity index (χ0) is 19.1. The van der Waals surface area contributed by atoms with Gasteiger partial charge in [-0.1, -0.05) is 30.3 Å². The summed E-state index contributed by atoms with van der Waals surface area (Å²) in [6.45, 7) is 3.27. The van der Waals surface area contributed by atoms with Crippen molar-refractivity contribution in [2.45, 2.75) is 32.2 Å². The Morgan fingerprint density at radius 1 is 1.07 bits per heavy atom. The second-order valence-corrected chi connectivity index (χ2v) is 8.41. The number of aromatic nitrogens is 1. The lowest BCUT2D eigenvalue weighted by atomic mass is 9.85. The van der Waals surface area contributed by atoms with E-state index in [2.05, 4.69) is 40.2 Å². The smallest absolute Gasteiger partial charge is 0.182 e. The van der Waals surface area contributed by atoms with Gasteiger partial charge in [0.25, 0.3) is 0 Å². The number of fused-ring (bicyclic) bond motifs is 3. The Balaban J connectivity index is 1.20. The van der Waals surface area contributed by atoms with Gasteiger partial charge in [-0.2, -0.15) is 0 Å². The van der Waals surface area contributed by atoms with Crippen LogP contribution in [0.5, 0.6) is 5.75 Å². The highest BCUT2D eigenvalue weighted by atomic mass is 16.3. The average molecular weight is 374 g/mol. The maximum Gasteiger partial charge on any atom is 0.182 e. The van der Waals surface area contributed by atoms with E-state index in [9.17, 15) is 9.90 Å². The van der Waals surface area contributed by atoms with Crippen molar-refractivity contribution in [3.05, 3.63) is 65.4 Å². The van der Waals surface area contributed by atoms with E-state index >= 15 is 0 Å². The van der Waals surface area contributed by atoms with E-state index in [1.807, 2.05) is 6.07 Å². The van der Waals surface area contributed by atoms with Gasteiger partial charge in [0.15, 0.2) is 5.78 Å². The molecule has 1 unspecified atom stereocenters. The summed E-state index contributed by atoms with van der Waals surface area (Å²) in [5.41, 5.74) is 4.16. The van der Waals surface area contributed by atoms with Gasteiger partial charge in [0, 0.05) is 29.4 Å². The van der Waals surface area contributed by atoms with Gasteiger partial charge in [-0.15, -0.1) is 0 Å². The van der Waals surface area contributed by atoms with Crippen LogP contribution in [0.4, 0.5) is 0 Å². The number of nitrogens with zero attached hydrogens (tertiary/aromatic N) is 1. The molecule has 4 nitrogen and oxygen atoms in total. The molecule has 2 aliphatic rings. The molecule has 2 heterocycles. The number of H-pyrrole nitrogens is 1. The summed E-state index contributed by atoms with van der Waals surface area (Å²) in [7, 11) is 0. The first kappa shape index (κ1) is 17.5. The molecular weight excluding hydrogens is 348 g/mol. The summed E-state index contributed by atoms with van der Waals surface area (Å²) in [4.78, 5) is 18.7. The number of aromatic amines is 1. The standard InChI is InChI=1S/C24H26N2O2/c27-19-6-7-20-21-13-18(24(28)23(21)25-22(20)14-19)12-16-8-10-26(11-9-16)15-17-4-2-1-3-5-17/h1-7,14,16,18,25,27H,8-13,15H2. The van der Waals surface area contributed by atoms with Crippen LogP contribution in [0, 0.1) is 11.8 Å². The number of carbonyl (C=O) groups excluding carboxylic acids is 1. The summed E-state index contributed by atoms with van der Waals surface area (Å²) < 4.78 is 0. The predicted molar refractivity (Wildman–Crippen MR) is 111 cm³/mol. The molecule has 1 atom stereocenters. The van der Waals surface area contributed by atoms with Gasteiger partial charge in [0.1, 0.15) is 5.75 Å². The number of rotatable bonds is 4. The highest BCUT2D eigenvalue weighted by molar-refractivity contribution is 6.07. The molecule has 0 saturated carbocycles. The van der Waals surface area contributed by atoms with Crippen LogP contribution in [0.25, 0.3) is 10.9 Å². The largest absolute Gasteiger partial charge is 0.508 e. The Labute approximate surface area is 165 Å². The third kappa shape index (κ3) is 3.22. The minimum Gasteiger partial charge on any atom is -0.508 e. The zero-order valence-corrected chi connectivity index (χ0v) is 16.0. The van der Waals surface area contributed by atoms with Crippen molar-refractivity contribution in [1.82, 2.24) is 9.88 Å². The number of phenols is 1. The van der Waals surface area contributed by atoms with Crippen molar-refractivity contribution in [3.63, 3.8) is 0 Å². The fraction of sp³-hybridized carbons (Fsp3) is 0.375. The molecule has 1 fully saturated rings. The van der Waals surface area contributed by atoms with Crippen LogP contribution in [0.3, 0.4) is 0 Å². The minimum absolute atomic E-state index is 0.116. The molecule has 2 N–H and O–H groups in total. The number of likely N-dealkylation sites (tertiary alicyclic amines) is 1. The lowest BCUT2D eigenvalue weighted by Crippen LogP contribution is -2.34. The lowest BCUT2D eigenvalue weighted by Gasteiger charge is -2.33. The first-order valence-corrected chi connectivity index (χ1v) is 10.3. The second-order valence-electron chi connectivity index (χ2n) is 8.41. The molecule has 4 heteroatoms. The van der Waals surface area contributed by atoms with Crippen LogP contribution in [0.1, 0.15) is 40.9 Å². The topological polar surface area (TPSA) is 56.3 Å². The number of aromatic hydroxyl groups is 1. The summed E-state index contributed by atoms with van der Waals surface area (Å²) in [6.07, 6.45) is 4.20. The summed E-state index contributed by atoms with van der Waals surface area (Å²) in [6, 6.07) is 16.0. The molecule has 1 aliphatic carbocycles. The number of carbonyl (C=O) groups is 1. The minimum atomic E-state index is 0.116. The van der Waals surface area contributed by atoms with E-state index < -0.39 is 0 Å². The Hall–Kier alpha value is -2.59. The molecule has 0 amide bonds. The maximum atomic E-state index is 12.9. The Kier molecular flexibility index (Phi) is 4.44. The average Bonchev–Trinajstić information content (AvgIpc) is 3.20. The molecule has 28 heavy (non-hydrogen) atoms. The van der Waals surface area contributed by atoms with Gasteiger partial charge in [-0.25, -0.2) is 0 Å². The summed E-state index contributed by atoms with van der Waals surface area (Å²) in [5.74, 6) is 1.25. The van der Waals surface area contributed by atoms with Gasteiger partial charge in [0.2, 0.25) is 0 Å². The number of hydrogen-bond acceptors (Lipinski definition) is 3. The molecular formula is C24H26N2O2. The fourth-order valence-corrected chi connectivity index (χ4v) is 5.02. The predicted octanol–water partition coefficient (Wildman–Crippen LogP) is 4.53. The number of phenolic OH excluding ortho intramolecular Hbond substituents is 1. The molecule has 3 aromatic rings. The van der Waals surface area contributed by atoms with E-state index in [1.54, 1.807) is 12.1 Å². The Morgan fingerprint density at radius 3 is 2.64 bits per heavy atom. The van der Waals surface area contributed by atoms with Crippen LogP contribution in [0.2, 0.25) is 0 Å². The van der Waals surface area contributed by atoms with E-state index in [1.165, 1.54) is 18.4 Å². The number of benzene rings is 2. The van der Waals surface area contributed by atoms with Crippen LogP contribution in [0.15, 0.2) is 48.5 Å². The molecule has 2 aromatic carbocycles. The quantitative estimate of drug-likeness (QED) is 0.705. The number of hydrogen-bond donors (Lipinski definition) is 2. The molecule has 0 bridgehead atoms. The molecule has 0 radical (unpaired) electrons. The molecule has 144 valence electrons. The van der Waals surface area contributed by atoms with Gasteiger partial charge < -0.3 is 10.1 Å². The van der Waals surface area contributed by atoms with Gasteiger partial charge >= 0.3 is 0 Å². The third-order valence-corrected chi connectivity index (χ3v) is 6.53. The third-order valence-electron chi connectivity index (χ3n) is 6.53. The molecule has 5 rings (SSSR count). The van der Waals surface area contributed by atoms with Crippen molar-refractivity contribution in [1.29, 1.82) is 0 Å². The highest BCUT2D eigenvalue weighted by Crippen LogP contribution is 2.38. The van der Waals surface area contributed by atoms with Gasteiger partial charge in [0.05, 0.1) is 5.69 Å². The Bertz CT molecular complexity index is 1000. The molecule has 1 saturated heterocycles. The van der Waals surface area contributed by atoms with Crippen LogP contribution in [-0.2, 0) is 13.0 Å². The van der Waals surface area contributed by atoms with E-state index in [0.29, 0.717) is 5.92 Å². The number of nitrogens with one attached hydrogen (secondary N) is 1. The van der Waals surface area contributed by atoms with Crippen LogP contribution < -0.4 is 0 Å². The van der Waals surface area contributed by atoms with Crippen LogP contribution in [-0.4, -0.2) is 33.9 Å². The van der Waals surface area contributed by atoms with Crippen molar-refractivity contribution >= 4 is 16.7 Å². The molecule has 1 aliphatic heterocycles. The summed E-state index contributed by atoms with van der Waals surface area (Å²) >= 11 is 0. The van der Waals surface area contributed by atoms with Crippen molar-refractivity contribution < 1.29 is 9.90 Å². The van der Waals surface area contributed by atoms with E-state index in [4.69, 9.17) is 0 Å². The zero-order valence-electron chi connectivity index (χ0n) is 16.0. The first-order valence-electron chi connectivity index (χ1n) is 10.3. The Morgan fingerprint density at radius 2 is 1.86 bits per heavy atom. The van der Waals surface area contributed by atoms with Crippen LogP contribution >= 0.6 is 0 Å². The van der Waals surface area contributed by atoms with Crippen molar-refractivity contribution in [3.8, 4) is 5.75 Å². The summed E-state index contributed by atoms with van der Waals surface area (Å²) in [5, 5.41) is 10.7. The monoisotopic (exact) mass is 374 g/mol. The number of ketones is 1. The normalized spacial score (nSPS) is 20.7. The van der Waals surface area contributed by atoms with Gasteiger partial charge in [-0.05, 0) is 68.0 Å². The fourth-order valence-electron chi connectivity index (χ4n) is 5.02. The first-order chi connectivity index (χ1) is 13.7. The van der Waals surface area contributed by atoms with Crippen molar-refractivity contribution in [2.24, 2.45) is 11.8 Å². The van der Waals surface area contributed by atoms with Crippen molar-refractivity contribution in [2.75, 3.05) is 13.1 Å². The molecule has 0 spiro atoms. The highest BCUT2D eigenvalue weighted by Gasteiger charge is 2.35. The number of Topliss-reactive ketones (excluding diaryl/α,β-unsaturated/α-hetero) is 1. The SMILES string of the molecule is O=C1c2[nH]c3cc(O)ccc3c2CC1CC1CCN(Cc2ccccc2)CC1. The second kappa shape index (κ2) is 7.10. The van der Waals surface area contributed by atoms with E-state index in [-0.39, 0.29) is 17.5 Å². The van der Waals surface area contributed by atoms with Gasteiger partial charge in [-0.3, -0.25) is 9.69 Å². The molecule has 1 aromatic heterocycles. The number of piperidine rings is 1.